The molecule has 4 atom stereocenters. The summed E-state index contributed by atoms with van der Waals surface area (Å²) in [6.07, 6.45) is 0.938. The van der Waals surface area contributed by atoms with E-state index in [4.69, 9.17) is 9.47 Å². The number of rotatable bonds is 3. The van der Waals surface area contributed by atoms with E-state index in [1.165, 1.54) is 19.3 Å². The number of ether oxygens (including phenoxy) is 2. The van der Waals surface area contributed by atoms with E-state index in [0.29, 0.717) is 0 Å². The third-order valence-electron chi connectivity index (χ3n) is 4.61. The Morgan fingerprint density at radius 1 is 1.28 bits per heavy atom. The lowest BCUT2D eigenvalue weighted by molar-refractivity contribution is -0.146. The van der Waals surface area contributed by atoms with Crippen LogP contribution < -0.4 is 0 Å². The van der Waals surface area contributed by atoms with E-state index >= 15 is 0 Å². The SMILES string of the molecule is COC(=O)[C@@H]1C[C@H]2C(=O)C=C[C@@H](O)[C@H]2N1C(=O)OCc1ccccc1. The highest BCUT2D eigenvalue weighted by molar-refractivity contribution is 5.96. The molecule has 2 aliphatic rings. The number of hydrogen-bond donors (Lipinski definition) is 1. The summed E-state index contributed by atoms with van der Waals surface area (Å²) in [7, 11) is 1.22. The topological polar surface area (TPSA) is 93.1 Å². The van der Waals surface area contributed by atoms with E-state index in [9.17, 15) is 19.5 Å². The summed E-state index contributed by atoms with van der Waals surface area (Å²) >= 11 is 0. The summed E-state index contributed by atoms with van der Waals surface area (Å²) in [5, 5.41) is 10.2. The molecule has 132 valence electrons. The Hall–Kier alpha value is -2.67. The third-order valence-corrected chi connectivity index (χ3v) is 4.61. The Morgan fingerprint density at radius 2 is 2.00 bits per heavy atom. The van der Waals surface area contributed by atoms with Crippen molar-refractivity contribution in [3.05, 3.63) is 48.0 Å². The molecule has 1 aromatic carbocycles. The first-order valence-corrected chi connectivity index (χ1v) is 8.00. The fourth-order valence-electron chi connectivity index (χ4n) is 3.40. The van der Waals surface area contributed by atoms with Crippen LogP contribution in [0.3, 0.4) is 0 Å². The number of esters is 1. The van der Waals surface area contributed by atoms with Gasteiger partial charge in [-0.15, -0.1) is 0 Å². The Bertz CT molecular complexity index is 701. The lowest BCUT2D eigenvalue weighted by Gasteiger charge is -2.33. The second-order valence-electron chi connectivity index (χ2n) is 6.07. The highest BCUT2D eigenvalue weighted by Crippen LogP contribution is 2.37. The summed E-state index contributed by atoms with van der Waals surface area (Å²) < 4.78 is 10.1. The van der Waals surface area contributed by atoms with Crippen molar-refractivity contribution in [2.75, 3.05) is 7.11 Å². The zero-order chi connectivity index (χ0) is 18.0. The molecule has 7 heteroatoms. The molecular formula is C18H19NO6. The Kier molecular flexibility index (Phi) is 4.85. The molecule has 1 aromatic rings. The average Bonchev–Trinajstić information content (AvgIpc) is 3.05. The van der Waals surface area contributed by atoms with Gasteiger partial charge in [-0.1, -0.05) is 36.4 Å². The van der Waals surface area contributed by atoms with Crippen molar-refractivity contribution in [1.29, 1.82) is 0 Å². The number of carbonyl (C=O) groups is 3. The van der Waals surface area contributed by atoms with Crippen molar-refractivity contribution < 1.29 is 29.0 Å². The van der Waals surface area contributed by atoms with E-state index in [-0.39, 0.29) is 18.8 Å². The van der Waals surface area contributed by atoms with E-state index in [1.54, 1.807) is 12.1 Å². The van der Waals surface area contributed by atoms with Gasteiger partial charge in [-0.3, -0.25) is 9.69 Å². The van der Waals surface area contributed by atoms with Crippen molar-refractivity contribution in [2.24, 2.45) is 5.92 Å². The fraction of sp³-hybridized carbons (Fsp3) is 0.389. The minimum absolute atomic E-state index is 0.0291. The number of allylic oxidation sites excluding steroid dienone is 1. The van der Waals surface area contributed by atoms with Gasteiger partial charge in [-0.25, -0.2) is 9.59 Å². The van der Waals surface area contributed by atoms with Gasteiger partial charge in [0, 0.05) is 5.92 Å². The van der Waals surface area contributed by atoms with Gasteiger partial charge in [0.25, 0.3) is 0 Å². The van der Waals surface area contributed by atoms with Gasteiger partial charge in [0.15, 0.2) is 5.78 Å². The molecule has 0 spiro atoms. The molecule has 1 amide bonds. The molecule has 1 aliphatic heterocycles. The molecule has 0 radical (unpaired) electrons. The molecule has 0 unspecified atom stereocenters. The zero-order valence-corrected chi connectivity index (χ0v) is 13.7. The number of nitrogens with zero attached hydrogens (tertiary/aromatic N) is 1. The van der Waals surface area contributed by atoms with Gasteiger partial charge in [0.05, 0.1) is 19.3 Å². The van der Waals surface area contributed by atoms with E-state index < -0.39 is 36.2 Å². The summed E-state index contributed by atoms with van der Waals surface area (Å²) in [4.78, 5) is 37.9. The first-order chi connectivity index (χ1) is 12.0. The number of carbonyl (C=O) groups excluding carboxylic acids is 3. The average molecular weight is 345 g/mol. The van der Waals surface area contributed by atoms with Crippen molar-refractivity contribution in [3.63, 3.8) is 0 Å². The van der Waals surface area contributed by atoms with Gasteiger partial charge < -0.3 is 14.6 Å². The van der Waals surface area contributed by atoms with Crippen LogP contribution in [0.15, 0.2) is 42.5 Å². The van der Waals surface area contributed by atoms with Crippen LogP contribution in [0.1, 0.15) is 12.0 Å². The molecular weight excluding hydrogens is 326 g/mol. The standard InChI is InChI=1S/C18H19NO6/c1-24-17(22)13-9-12-14(20)7-8-15(21)16(12)19(13)18(23)25-10-11-5-3-2-4-6-11/h2-8,12-13,15-16,21H,9-10H2,1H3/t12-,13-,15+,16-/m0/s1. The predicted molar refractivity (Wildman–Crippen MR) is 86.3 cm³/mol. The summed E-state index contributed by atoms with van der Waals surface area (Å²) in [5.74, 6) is -1.50. The summed E-state index contributed by atoms with van der Waals surface area (Å²) in [6, 6.07) is 7.31. The van der Waals surface area contributed by atoms with Crippen molar-refractivity contribution >= 4 is 17.8 Å². The van der Waals surface area contributed by atoms with Crippen LogP contribution in [0, 0.1) is 5.92 Å². The van der Waals surface area contributed by atoms with Crippen LogP contribution in [0.5, 0.6) is 0 Å². The van der Waals surface area contributed by atoms with Crippen LogP contribution in [-0.2, 0) is 25.7 Å². The number of aliphatic hydroxyl groups is 1. The van der Waals surface area contributed by atoms with Gasteiger partial charge in [0.1, 0.15) is 12.6 Å². The highest BCUT2D eigenvalue weighted by Gasteiger charge is 2.53. The molecule has 7 nitrogen and oxygen atoms in total. The van der Waals surface area contributed by atoms with Crippen molar-refractivity contribution in [1.82, 2.24) is 4.90 Å². The van der Waals surface area contributed by atoms with Crippen molar-refractivity contribution in [2.45, 2.75) is 31.2 Å². The predicted octanol–water partition coefficient (Wildman–Crippen LogP) is 1.06. The van der Waals surface area contributed by atoms with Crippen LogP contribution in [0.4, 0.5) is 4.79 Å². The number of hydrogen-bond acceptors (Lipinski definition) is 6. The second kappa shape index (κ2) is 7.06. The first kappa shape index (κ1) is 17.2. The first-order valence-electron chi connectivity index (χ1n) is 8.00. The summed E-state index contributed by atoms with van der Waals surface area (Å²) in [6.45, 7) is 0.0291. The normalized spacial score (nSPS) is 27.8. The molecule has 3 rings (SSSR count). The lowest BCUT2D eigenvalue weighted by atomic mass is 9.86. The van der Waals surface area contributed by atoms with E-state index in [2.05, 4.69) is 0 Å². The lowest BCUT2D eigenvalue weighted by Crippen LogP contribution is -2.52. The van der Waals surface area contributed by atoms with Gasteiger partial charge in [-0.2, -0.15) is 0 Å². The Morgan fingerprint density at radius 3 is 2.68 bits per heavy atom. The van der Waals surface area contributed by atoms with Crippen LogP contribution in [0.25, 0.3) is 0 Å². The Labute approximate surface area is 144 Å². The third kappa shape index (κ3) is 3.28. The summed E-state index contributed by atoms with van der Waals surface area (Å²) in [5.41, 5.74) is 0.793. The van der Waals surface area contributed by atoms with Crippen molar-refractivity contribution in [3.8, 4) is 0 Å². The molecule has 25 heavy (non-hydrogen) atoms. The number of amides is 1. The molecule has 0 saturated carbocycles. The number of aliphatic hydroxyl groups excluding tert-OH is 1. The second-order valence-corrected chi connectivity index (χ2v) is 6.07. The van der Waals surface area contributed by atoms with E-state index in [0.717, 1.165) is 10.5 Å². The van der Waals surface area contributed by atoms with Gasteiger partial charge >= 0.3 is 12.1 Å². The molecule has 0 bridgehead atoms. The maximum atomic E-state index is 12.6. The van der Waals surface area contributed by atoms with E-state index in [1.807, 2.05) is 18.2 Å². The molecule has 1 aliphatic carbocycles. The Balaban J connectivity index is 1.81. The maximum Gasteiger partial charge on any atom is 0.411 e. The smallest absolute Gasteiger partial charge is 0.411 e. The van der Waals surface area contributed by atoms with Crippen LogP contribution >= 0.6 is 0 Å². The molecule has 1 fully saturated rings. The van der Waals surface area contributed by atoms with Gasteiger partial charge in [-0.05, 0) is 18.1 Å². The number of benzene rings is 1. The largest absolute Gasteiger partial charge is 0.467 e. The number of fused-ring (bicyclic) bond motifs is 1. The highest BCUT2D eigenvalue weighted by atomic mass is 16.6. The molecule has 0 aromatic heterocycles. The van der Waals surface area contributed by atoms with Crippen LogP contribution in [0.2, 0.25) is 0 Å². The monoisotopic (exact) mass is 345 g/mol. The van der Waals surface area contributed by atoms with Crippen LogP contribution in [-0.4, -0.2) is 53.1 Å². The minimum atomic E-state index is -1.04. The number of methoxy groups -OCH3 is 1. The molecule has 1 saturated heterocycles. The van der Waals surface area contributed by atoms with Gasteiger partial charge in [0.2, 0.25) is 0 Å². The molecule has 1 N–H and O–H groups in total. The quantitative estimate of drug-likeness (QED) is 0.823. The zero-order valence-electron chi connectivity index (χ0n) is 13.7. The minimum Gasteiger partial charge on any atom is -0.467 e. The number of ketones is 1. The fourth-order valence-corrected chi connectivity index (χ4v) is 3.40. The number of likely N-dealkylation sites (tertiary alicyclic amines) is 1. The molecule has 1 heterocycles. The maximum absolute atomic E-state index is 12.6.